The summed E-state index contributed by atoms with van der Waals surface area (Å²) >= 11 is 3.35. The highest BCUT2D eigenvalue weighted by molar-refractivity contribution is 7.99. The molecule has 2 heterocycles. The quantitative estimate of drug-likeness (QED) is 0.853. The van der Waals surface area contributed by atoms with E-state index in [9.17, 15) is 9.59 Å². The smallest absolute Gasteiger partial charge is 0.261 e. The van der Waals surface area contributed by atoms with Crippen LogP contribution in [0.4, 0.5) is 0 Å². The second kappa shape index (κ2) is 8.73. The van der Waals surface area contributed by atoms with E-state index in [0.29, 0.717) is 23.3 Å². The molecule has 4 nitrogen and oxygen atoms in total. The Hall–Kier alpha value is -1.01. The van der Waals surface area contributed by atoms with Crippen molar-refractivity contribution in [1.82, 2.24) is 10.2 Å². The molecule has 0 unspecified atom stereocenters. The maximum Gasteiger partial charge on any atom is 0.261 e. The molecule has 0 bridgehead atoms. The minimum Gasteiger partial charge on any atom is -0.341 e. The van der Waals surface area contributed by atoms with Crippen LogP contribution in [0.1, 0.15) is 42.8 Å². The predicted octanol–water partition coefficient (Wildman–Crippen LogP) is 3.25. The van der Waals surface area contributed by atoms with E-state index in [-0.39, 0.29) is 11.8 Å². The zero-order valence-corrected chi connectivity index (χ0v) is 15.7. The van der Waals surface area contributed by atoms with Crippen molar-refractivity contribution >= 4 is 34.9 Å². The van der Waals surface area contributed by atoms with Gasteiger partial charge in [-0.05, 0) is 48.1 Å². The van der Waals surface area contributed by atoms with Crippen molar-refractivity contribution in [1.29, 1.82) is 0 Å². The highest BCUT2D eigenvalue weighted by Crippen LogP contribution is 2.22. The van der Waals surface area contributed by atoms with Gasteiger partial charge in [0.1, 0.15) is 6.04 Å². The van der Waals surface area contributed by atoms with Crippen LogP contribution >= 0.6 is 23.1 Å². The first-order chi connectivity index (χ1) is 11.0. The summed E-state index contributed by atoms with van der Waals surface area (Å²) in [6.45, 7) is 4.16. The molecule has 0 spiro atoms. The van der Waals surface area contributed by atoms with Crippen molar-refractivity contribution in [3.63, 3.8) is 0 Å². The topological polar surface area (TPSA) is 49.4 Å². The standard InChI is InChI=1S/C17H26N2O2S2/c1-12(2)11-14(18-16(20)15-5-4-8-23-15)17(21)19(3)13-6-9-22-10-7-13/h4-5,8,12-14H,6-7,9-11H2,1-3H3,(H,18,20)/t14-/m1/s1. The minimum absolute atomic E-state index is 0.0421. The molecule has 6 heteroatoms. The van der Waals surface area contributed by atoms with E-state index in [2.05, 4.69) is 19.2 Å². The fourth-order valence-corrected chi connectivity index (χ4v) is 4.54. The molecule has 0 aromatic carbocycles. The molecule has 1 aliphatic rings. The average Bonchev–Trinajstić information content (AvgIpc) is 3.07. The third kappa shape index (κ3) is 5.24. The Balaban J connectivity index is 2.03. The Labute approximate surface area is 147 Å². The van der Waals surface area contributed by atoms with E-state index in [1.165, 1.54) is 11.3 Å². The second-order valence-corrected chi connectivity index (χ2v) is 8.60. The molecule has 1 fully saturated rings. The summed E-state index contributed by atoms with van der Waals surface area (Å²) in [6.07, 6.45) is 2.75. The summed E-state index contributed by atoms with van der Waals surface area (Å²) < 4.78 is 0. The molecule has 2 rings (SSSR count). The van der Waals surface area contributed by atoms with E-state index < -0.39 is 6.04 Å². The van der Waals surface area contributed by atoms with Crippen LogP contribution in [0.5, 0.6) is 0 Å². The number of carbonyl (C=O) groups excluding carboxylic acids is 2. The molecule has 1 aromatic rings. The Kier molecular flexibility index (Phi) is 6.96. The van der Waals surface area contributed by atoms with Crippen molar-refractivity contribution in [3.05, 3.63) is 22.4 Å². The number of hydrogen-bond acceptors (Lipinski definition) is 4. The molecule has 2 amide bonds. The van der Waals surface area contributed by atoms with Crippen LogP contribution in [-0.2, 0) is 4.79 Å². The summed E-state index contributed by atoms with van der Waals surface area (Å²) in [5.41, 5.74) is 0. The molecule has 0 saturated carbocycles. The van der Waals surface area contributed by atoms with Crippen LogP contribution in [0.15, 0.2) is 17.5 Å². The normalized spacial score (nSPS) is 17.0. The molecular formula is C17H26N2O2S2. The Morgan fingerprint density at radius 1 is 1.35 bits per heavy atom. The second-order valence-electron chi connectivity index (χ2n) is 6.43. The largest absolute Gasteiger partial charge is 0.341 e. The number of thiophene rings is 1. The van der Waals surface area contributed by atoms with Gasteiger partial charge in [0.2, 0.25) is 5.91 Å². The van der Waals surface area contributed by atoms with Crippen LogP contribution in [0.25, 0.3) is 0 Å². The zero-order valence-electron chi connectivity index (χ0n) is 14.1. The number of hydrogen-bond donors (Lipinski definition) is 1. The van der Waals surface area contributed by atoms with Gasteiger partial charge in [0.05, 0.1) is 4.88 Å². The number of rotatable bonds is 6. The number of amides is 2. The van der Waals surface area contributed by atoms with Gasteiger partial charge in [0, 0.05) is 13.1 Å². The summed E-state index contributed by atoms with van der Waals surface area (Å²) in [6, 6.07) is 3.50. The van der Waals surface area contributed by atoms with Crippen molar-refractivity contribution in [2.24, 2.45) is 5.92 Å². The van der Waals surface area contributed by atoms with Gasteiger partial charge in [0.25, 0.3) is 5.91 Å². The molecule has 0 radical (unpaired) electrons. The first kappa shape index (κ1) is 18.3. The average molecular weight is 355 g/mol. The fourth-order valence-electron chi connectivity index (χ4n) is 2.83. The van der Waals surface area contributed by atoms with Crippen LogP contribution < -0.4 is 5.32 Å². The summed E-state index contributed by atoms with van der Waals surface area (Å²) in [5.74, 6) is 2.46. The lowest BCUT2D eigenvalue weighted by Gasteiger charge is -2.34. The van der Waals surface area contributed by atoms with Gasteiger partial charge in [-0.15, -0.1) is 11.3 Å². The van der Waals surface area contributed by atoms with Gasteiger partial charge in [0.15, 0.2) is 0 Å². The number of carbonyl (C=O) groups is 2. The fraction of sp³-hybridized carbons (Fsp3) is 0.647. The maximum absolute atomic E-state index is 12.9. The molecule has 0 aliphatic carbocycles. The zero-order chi connectivity index (χ0) is 16.8. The summed E-state index contributed by atoms with van der Waals surface area (Å²) in [7, 11) is 1.88. The van der Waals surface area contributed by atoms with Crippen molar-refractivity contribution < 1.29 is 9.59 Å². The van der Waals surface area contributed by atoms with Crippen LogP contribution in [0.3, 0.4) is 0 Å². The first-order valence-electron chi connectivity index (χ1n) is 8.17. The number of thioether (sulfide) groups is 1. The van der Waals surface area contributed by atoms with Crippen LogP contribution in [-0.4, -0.2) is 47.4 Å². The molecule has 1 aromatic heterocycles. The van der Waals surface area contributed by atoms with E-state index in [0.717, 1.165) is 24.3 Å². The SMILES string of the molecule is CC(C)C[C@@H](NC(=O)c1cccs1)C(=O)N(C)C1CCSCC1. The van der Waals surface area contributed by atoms with E-state index in [1.807, 2.05) is 35.2 Å². The van der Waals surface area contributed by atoms with Gasteiger partial charge in [-0.2, -0.15) is 11.8 Å². The van der Waals surface area contributed by atoms with Crippen molar-refractivity contribution in [2.75, 3.05) is 18.6 Å². The molecule has 128 valence electrons. The van der Waals surface area contributed by atoms with Crippen molar-refractivity contribution in [3.8, 4) is 0 Å². The first-order valence-corrected chi connectivity index (χ1v) is 10.2. The maximum atomic E-state index is 12.9. The van der Waals surface area contributed by atoms with Crippen LogP contribution in [0, 0.1) is 5.92 Å². The van der Waals surface area contributed by atoms with E-state index >= 15 is 0 Å². The Morgan fingerprint density at radius 2 is 2.04 bits per heavy atom. The number of likely N-dealkylation sites (N-methyl/N-ethyl adjacent to an activating group) is 1. The third-order valence-corrected chi connectivity index (χ3v) is 6.06. The molecule has 1 atom stereocenters. The minimum atomic E-state index is -0.441. The molecule has 1 saturated heterocycles. The predicted molar refractivity (Wildman–Crippen MR) is 98.1 cm³/mol. The molecule has 23 heavy (non-hydrogen) atoms. The van der Waals surface area contributed by atoms with Gasteiger partial charge >= 0.3 is 0 Å². The highest BCUT2D eigenvalue weighted by Gasteiger charge is 2.30. The Bertz CT molecular complexity index is 511. The van der Waals surface area contributed by atoms with Crippen LogP contribution in [0.2, 0.25) is 0 Å². The third-order valence-electron chi connectivity index (χ3n) is 4.14. The van der Waals surface area contributed by atoms with Gasteiger partial charge in [-0.3, -0.25) is 9.59 Å². The number of nitrogens with one attached hydrogen (secondary N) is 1. The molecule has 1 aliphatic heterocycles. The monoisotopic (exact) mass is 354 g/mol. The lowest BCUT2D eigenvalue weighted by molar-refractivity contribution is -0.134. The lowest BCUT2D eigenvalue weighted by atomic mass is 10.0. The summed E-state index contributed by atoms with van der Waals surface area (Å²) in [4.78, 5) is 27.7. The van der Waals surface area contributed by atoms with E-state index in [1.54, 1.807) is 6.07 Å². The highest BCUT2D eigenvalue weighted by atomic mass is 32.2. The summed E-state index contributed by atoms with van der Waals surface area (Å²) in [5, 5.41) is 4.82. The Morgan fingerprint density at radius 3 is 2.61 bits per heavy atom. The lowest BCUT2D eigenvalue weighted by Crippen LogP contribution is -2.51. The van der Waals surface area contributed by atoms with Gasteiger partial charge in [-0.1, -0.05) is 19.9 Å². The number of nitrogens with zero attached hydrogens (tertiary/aromatic N) is 1. The van der Waals surface area contributed by atoms with Gasteiger partial charge < -0.3 is 10.2 Å². The van der Waals surface area contributed by atoms with Crippen molar-refractivity contribution in [2.45, 2.75) is 45.2 Å². The van der Waals surface area contributed by atoms with E-state index in [4.69, 9.17) is 0 Å². The molecular weight excluding hydrogens is 328 g/mol. The van der Waals surface area contributed by atoms with Gasteiger partial charge in [-0.25, -0.2) is 0 Å². The molecule has 1 N–H and O–H groups in total.